The van der Waals surface area contributed by atoms with Crippen molar-refractivity contribution in [2.45, 2.75) is 69.6 Å². The third-order valence-corrected chi connectivity index (χ3v) is 6.06. The van der Waals surface area contributed by atoms with Crippen molar-refractivity contribution < 1.29 is 4.74 Å². The van der Waals surface area contributed by atoms with Gasteiger partial charge in [0.05, 0.1) is 5.60 Å². The maximum absolute atomic E-state index is 6.17. The summed E-state index contributed by atoms with van der Waals surface area (Å²) in [6, 6.07) is 0.678. The summed E-state index contributed by atoms with van der Waals surface area (Å²) in [7, 11) is 0. The molecule has 2 aliphatic heterocycles. The number of rotatable bonds is 3. The molecule has 1 aliphatic carbocycles. The lowest BCUT2D eigenvalue weighted by Crippen LogP contribution is -2.54. The SMILES string of the molecule is CC(C)(NC1CCOC2(CCSCC2)C1)C1CC1. The first-order chi connectivity index (χ1) is 8.60. The number of thioether (sulfide) groups is 1. The highest BCUT2D eigenvalue weighted by Crippen LogP contribution is 2.42. The zero-order valence-electron chi connectivity index (χ0n) is 11.8. The molecule has 3 heteroatoms. The van der Waals surface area contributed by atoms with Crippen LogP contribution in [0.3, 0.4) is 0 Å². The Hall–Kier alpha value is 0.270. The van der Waals surface area contributed by atoms with Crippen LogP contribution in [0.1, 0.15) is 52.4 Å². The van der Waals surface area contributed by atoms with Gasteiger partial charge >= 0.3 is 0 Å². The molecule has 1 saturated carbocycles. The first-order valence-electron chi connectivity index (χ1n) is 7.59. The van der Waals surface area contributed by atoms with E-state index in [9.17, 15) is 0 Å². The van der Waals surface area contributed by atoms with E-state index < -0.39 is 0 Å². The molecule has 1 atom stereocenters. The molecular weight excluding hydrogens is 242 g/mol. The zero-order chi connectivity index (χ0) is 12.6. The summed E-state index contributed by atoms with van der Waals surface area (Å²) in [5.74, 6) is 3.50. The van der Waals surface area contributed by atoms with E-state index in [0.717, 1.165) is 12.5 Å². The van der Waals surface area contributed by atoms with E-state index in [1.54, 1.807) is 0 Å². The van der Waals surface area contributed by atoms with Crippen molar-refractivity contribution in [1.82, 2.24) is 5.32 Å². The summed E-state index contributed by atoms with van der Waals surface area (Å²) in [6.45, 7) is 5.75. The Balaban J connectivity index is 1.59. The van der Waals surface area contributed by atoms with Crippen molar-refractivity contribution in [3.63, 3.8) is 0 Å². The van der Waals surface area contributed by atoms with Gasteiger partial charge in [0.2, 0.25) is 0 Å². The Labute approximate surface area is 116 Å². The van der Waals surface area contributed by atoms with Crippen LogP contribution in [0.2, 0.25) is 0 Å². The van der Waals surface area contributed by atoms with Crippen LogP contribution in [0.25, 0.3) is 0 Å². The van der Waals surface area contributed by atoms with Crippen LogP contribution in [-0.2, 0) is 4.74 Å². The molecule has 0 bridgehead atoms. The molecule has 104 valence electrons. The molecule has 0 aromatic carbocycles. The Kier molecular flexibility index (Phi) is 3.68. The van der Waals surface area contributed by atoms with Crippen LogP contribution in [0.5, 0.6) is 0 Å². The molecular formula is C15H27NOS. The Morgan fingerprint density at radius 1 is 1.17 bits per heavy atom. The molecule has 1 N–H and O–H groups in total. The zero-order valence-corrected chi connectivity index (χ0v) is 12.7. The molecule has 2 heterocycles. The van der Waals surface area contributed by atoms with Crippen molar-refractivity contribution in [2.75, 3.05) is 18.1 Å². The fraction of sp³-hybridized carbons (Fsp3) is 1.00. The number of hydrogen-bond donors (Lipinski definition) is 1. The van der Waals surface area contributed by atoms with Crippen molar-refractivity contribution in [1.29, 1.82) is 0 Å². The minimum Gasteiger partial charge on any atom is -0.375 e. The third kappa shape index (κ3) is 2.88. The third-order valence-electron chi connectivity index (χ3n) is 5.07. The molecule has 0 amide bonds. The maximum Gasteiger partial charge on any atom is 0.0713 e. The first kappa shape index (κ1) is 13.3. The van der Waals surface area contributed by atoms with E-state index in [-0.39, 0.29) is 5.60 Å². The second kappa shape index (κ2) is 4.99. The smallest absolute Gasteiger partial charge is 0.0713 e. The second-order valence-corrected chi connectivity index (χ2v) is 8.20. The van der Waals surface area contributed by atoms with E-state index in [0.29, 0.717) is 11.6 Å². The fourth-order valence-electron chi connectivity index (χ4n) is 3.69. The Morgan fingerprint density at radius 3 is 2.56 bits per heavy atom. The van der Waals surface area contributed by atoms with Gasteiger partial charge in [-0.3, -0.25) is 0 Å². The summed E-state index contributed by atoms with van der Waals surface area (Å²) in [4.78, 5) is 0. The maximum atomic E-state index is 6.17. The summed E-state index contributed by atoms with van der Waals surface area (Å²) in [6.07, 6.45) is 7.81. The lowest BCUT2D eigenvalue weighted by atomic mass is 9.84. The molecule has 3 rings (SSSR count). The summed E-state index contributed by atoms with van der Waals surface area (Å²) >= 11 is 2.09. The van der Waals surface area contributed by atoms with Gasteiger partial charge in [0.1, 0.15) is 0 Å². The van der Waals surface area contributed by atoms with Crippen molar-refractivity contribution in [3.05, 3.63) is 0 Å². The average Bonchev–Trinajstić information content (AvgIpc) is 3.13. The minimum absolute atomic E-state index is 0.223. The van der Waals surface area contributed by atoms with E-state index in [2.05, 4.69) is 30.9 Å². The molecule has 3 fully saturated rings. The van der Waals surface area contributed by atoms with Gasteiger partial charge in [-0.2, -0.15) is 11.8 Å². The van der Waals surface area contributed by atoms with E-state index in [1.165, 1.54) is 50.0 Å². The van der Waals surface area contributed by atoms with Gasteiger partial charge in [-0.25, -0.2) is 0 Å². The van der Waals surface area contributed by atoms with Crippen LogP contribution in [-0.4, -0.2) is 35.3 Å². The van der Waals surface area contributed by atoms with Gasteiger partial charge in [-0.15, -0.1) is 0 Å². The van der Waals surface area contributed by atoms with E-state index in [4.69, 9.17) is 4.74 Å². The van der Waals surface area contributed by atoms with Crippen LogP contribution in [0.4, 0.5) is 0 Å². The van der Waals surface area contributed by atoms with Crippen LogP contribution < -0.4 is 5.32 Å². The molecule has 0 radical (unpaired) electrons. The minimum atomic E-state index is 0.223. The summed E-state index contributed by atoms with van der Waals surface area (Å²) in [5, 5.41) is 3.94. The van der Waals surface area contributed by atoms with Gasteiger partial charge in [-0.05, 0) is 69.8 Å². The van der Waals surface area contributed by atoms with Gasteiger partial charge in [0.15, 0.2) is 0 Å². The molecule has 3 aliphatic rings. The molecule has 1 unspecified atom stereocenters. The summed E-state index contributed by atoms with van der Waals surface area (Å²) < 4.78 is 6.17. The summed E-state index contributed by atoms with van der Waals surface area (Å²) in [5.41, 5.74) is 0.563. The first-order valence-corrected chi connectivity index (χ1v) is 8.75. The van der Waals surface area contributed by atoms with Crippen molar-refractivity contribution in [3.8, 4) is 0 Å². The normalized spacial score (nSPS) is 32.7. The lowest BCUT2D eigenvalue weighted by Gasteiger charge is -2.45. The van der Waals surface area contributed by atoms with Crippen molar-refractivity contribution >= 4 is 11.8 Å². The monoisotopic (exact) mass is 269 g/mol. The number of ether oxygens (including phenoxy) is 1. The molecule has 2 saturated heterocycles. The topological polar surface area (TPSA) is 21.3 Å². The Morgan fingerprint density at radius 2 is 1.89 bits per heavy atom. The second-order valence-electron chi connectivity index (χ2n) is 6.97. The largest absolute Gasteiger partial charge is 0.375 e. The number of nitrogens with one attached hydrogen (secondary N) is 1. The van der Waals surface area contributed by atoms with Gasteiger partial charge in [-0.1, -0.05) is 0 Å². The fourth-order valence-corrected chi connectivity index (χ4v) is 4.93. The Bertz CT molecular complexity index is 289. The predicted octanol–water partition coefficient (Wildman–Crippen LogP) is 3.21. The molecule has 0 aromatic heterocycles. The molecule has 1 spiro atoms. The average molecular weight is 269 g/mol. The van der Waals surface area contributed by atoms with Gasteiger partial charge < -0.3 is 10.1 Å². The standard InChI is InChI=1S/C15H27NOS/c1-14(2,12-3-4-12)16-13-5-8-17-15(11-13)6-9-18-10-7-15/h12-13,16H,3-11H2,1-2H3. The highest BCUT2D eigenvalue weighted by Gasteiger charge is 2.43. The van der Waals surface area contributed by atoms with E-state index >= 15 is 0 Å². The quantitative estimate of drug-likeness (QED) is 0.850. The van der Waals surface area contributed by atoms with Gasteiger partial charge in [0.25, 0.3) is 0 Å². The van der Waals surface area contributed by atoms with Crippen molar-refractivity contribution in [2.24, 2.45) is 5.92 Å². The number of hydrogen-bond acceptors (Lipinski definition) is 3. The van der Waals surface area contributed by atoms with E-state index in [1.807, 2.05) is 0 Å². The lowest BCUT2D eigenvalue weighted by molar-refractivity contribution is -0.0960. The molecule has 2 nitrogen and oxygen atoms in total. The highest BCUT2D eigenvalue weighted by atomic mass is 32.2. The van der Waals surface area contributed by atoms with Crippen LogP contribution in [0.15, 0.2) is 0 Å². The predicted molar refractivity (Wildman–Crippen MR) is 78.2 cm³/mol. The molecule has 18 heavy (non-hydrogen) atoms. The highest BCUT2D eigenvalue weighted by molar-refractivity contribution is 7.99. The van der Waals surface area contributed by atoms with Gasteiger partial charge in [0, 0.05) is 18.2 Å². The molecule has 0 aromatic rings. The van der Waals surface area contributed by atoms with Crippen LogP contribution in [0, 0.1) is 5.92 Å². The van der Waals surface area contributed by atoms with Crippen LogP contribution >= 0.6 is 11.8 Å².